The average molecular weight is 504 g/mol. The molecule has 0 saturated carbocycles. The number of hydrogen-bond acceptors (Lipinski definition) is 4. The van der Waals surface area contributed by atoms with Crippen molar-refractivity contribution in [2.24, 2.45) is 0 Å². The van der Waals surface area contributed by atoms with Gasteiger partial charge in [-0.05, 0) is 36.6 Å². The van der Waals surface area contributed by atoms with E-state index < -0.39 is 41.4 Å². The van der Waals surface area contributed by atoms with Crippen molar-refractivity contribution in [1.82, 2.24) is 15.1 Å². The summed E-state index contributed by atoms with van der Waals surface area (Å²) in [6.07, 6.45) is -3.43. The molecule has 192 valence electrons. The number of carbonyl (C=O) groups is 3. The van der Waals surface area contributed by atoms with E-state index in [0.717, 1.165) is 17.7 Å². The number of nitrogens with one attached hydrogen (secondary N) is 1. The highest BCUT2D eigenvalue weighted by molar-refractivity contribution is 5.95. The molecule has 36 heavy (non-hydrogen) atoms. The van der Waals surface area contributed by atoms with Crippen molar-refractivity contribution >= 4 is 17.8 Å². The van der Waals surface area contributed by atoms with Crippen LogP contribution < -0.4 is 5.32 Å². The van der Waals surface area contributed by atoms with Gasteiger partial charge < -0.3 is 14.9 Å². The molecule has 2 N–H and O–H groups in total. The molecule has 2 aliphatic heterocycles. The van der Waals surface area contributed by atoms with Crippen molar-refractivity contribution in [2.75, 3.05) is 13.1 Å². The van der Waals surface area contributed by atoms with Crippen LogP contribution in [0.15, 0.2) is 54.6 Å². The van der Waals surface area contributed by atoms with Gasteiger partial charge >= 0.3 is 12.1 Å². The molecular weight excluding hydrogens is 475 g/mol. The van der Waals surface area contributed by atoms with Gasteiger partial charge in [0.1, 0.15) is 6.04 Å². The second kappa shape index (κ2) is 9.93. The lowest BCUT2D eigenvalue weighted by Crippen LogP contribution is -2.63. The molecule has 0 aliphatic carbocycles. The lowest BCUT2D eigenvalue weighted by atomic mass is 9.93. The summed E-state index contributed by atoms with van der Waals surface area (Å²) in [6.45, 7) is 2.04. The van der Waals surface area contributed by atoms with Crippen LogP contribution in [0.3, 0.4) is 0 Å². The van der Waals surface area contributed by atoms with E-state index in [4.69, 9.17) is 0 Å². The van der Waals surface area contributed by atoms with Gasteiger partial charge in [0.25, 0.3) is 5.91 Å². The molecule has 2 heterocycles. The highest BCUT2D eigenvalue weighted by Gasteiger charge is 2.55. The summed E-state index contributed by atoms with van der Waals surface area (Å²) in [6, 6.07) is 12.1. The van der Waals surface area contributed by atoms with E-state index in [1.165, 1.54) is 21.9 Å². The van der Waals surface area contributed by atoms with Crippen molar-refractivity contribution in [3.8, 4) is 0 Å². The molecule has 2 saturated heterocycles. The molecule has 2 amide bonds. The van der Waals surface area contributed by atoms with Gasteiger partial charge in [-0.3, -0.25) is 14.9 Å². The minimum absolute atomic E-state index is 0.0630. The molecule has 2 aliphatic rings. The van der Waals surface area contributed by atoms with Crippen molar-refractivity contribution in [3.63, 3.8) is 0 Å². The first kappa shape index (κ1) is 25.7. The summed E-state index contributed by atoms with van der Waals surface area (Å²) >= 11 is 0. The van der Waals surface area contributed by atoms with Crippen molar-refractivity contribution in [2.45, 2.75) is 56.5 Å². The topological polar surface area (TPSA) is 89.9 Å². The standard InChI is InChI=1S/C26H28F3N3O4/c1-2-21(24(35)36)32-23(34)20(15-17-7-4-3-5-8-17)30-25(32)11-13-31(14-12-25)22(33)18-9-6-10-19(16-18)26(27,28)29/h3-10,16,20-21,30H,2,11-15H2,1H3,(H,35,36). The summed E-state index contributed by atoms with van der Waals surface area (Å²) in [5.41, 5.74) is -0.986. The second-order valence-electron chi connectivity index (χ2n) is 9.26. The minimum Gasteiger partial charge on any atom is -0.480 e. The molecule has 2 fully saturated rings. The van der Waals surface area contributed by atoms with Gasteiger partial charge in [0.05, 0.1) is 17.3 Å². The van der Waals surface area contributed by atoms with E-state index in [-0.39, 0.29) is 43.8 Å². The van der Waals surface area contributed by atoms with Crippen molar-refractivity contribution < 1.29 is 32.7 Å². The first-order valence-corrected chi connectivity index (χ1v) is 11.9. The number of likely N-dealkylation sites (tertiary alicyclic amines) is 1. The average Bonchev–Trinajstić information content (AvgIpc) is 3.10. The zero-order valence-corrected chi connectivity index (χ0v) is 19.8. The van der Waals surface area contributed by atoms with Crippen LogP contribution in [-0.4, -0.2) is 63.5 Å². The molecule has 2 unspecified atom stereocenters. The van der Waals surface area contributed by atoms with Gasteiger partial charge in [-0.2, -0.15) is 13.2 Å². The first-order valence-electron chi connectivity index (χ1n) is 11.9. The number of benzene rings is 2. The lowest BCUT2D eigenvalue weighted by Gasteiger charge is -2.46. The molecule has 2 aromatic carbocycles. The number of halogens is 3. The summed E-state index contributed by atoms with van der Waals surface area (Å²) < 4.78 is 39.3. The zero-order valence-electron chi connectivity index (χ0n) is 19.8. The van der Waals surface area contributed by atoms with Crippen LogP contribution in [0.25, 0.3) is 0 Å². The SMILES string of the molecule is CCC(C(=O)O)N1C(=O)C(Cc2ccccc2)NC12CCN(C(=O)c1cccc(C(F)(F)F)c1)CC2. The van der Waals surface area contributed by atoms with Gasteiger partial charge in [-0.15, -0.1) is 0 Å². The molecule has 2 aromatic rings. The Bertz CT molecular complexity index is 1130. The number of alkyl halides is 3. The minimum atomic E-state index is -4.56. The summed E-state index contributed by atoms with van der Waals surface area (Å²) in [5.74, 6) is -1.93. The third-order valence-electron chi connectivity index (χ3n) is 7.02. The smallest absolute Gasteiger partial charge is 0.416 e. The number of carboxylic acids is 1. The van der Waals surface area contributed by atoms with E-state index in [1.807, 2.05) is 30.3 Å². The van der Waals surface area contributed by atoms with E-state index in [0.29, 0.717) is 6.42 Å². The molecule has 4 rings (SSSR count). The Morgan fingerprint density at radius 2 is 1.78 bits per heavy atom. The normalized spacial score (nSPS) is 20.6. The van der Waals surface area contributed by atoms with Crippen LogP contribution in [0.4, 0.5) is 13.2 Å². The predicted molar refractivity (Wildman–Crippen MR) is 125 cm³/mol. The number of amides is 2. The van der Waals surface area contributed by atoms with E-state index >= 15 is 0 Å². The number of piperidine rings is 1. The Morgan fingerprint density at radius 3 is 2.36 bits per heavy atom. The molecule has 7 nitrogen and oxygen atoms in total. The van der Waals surface area contributed by atoms with Gasteiger partial charge in [-0.1, -0.05) is 43.3 Å². The molecule has 0 radical (unpaired) electrons. The van der Waals surface area contributed by atoms with Crippen LogP contribution in [0.1, 0.15) is 47.7 Å². The highest BCUT2D eigenvalue weighted by Crippen LogP contribution is 2.36. The van der Waals surface area contributed by atoms with E-state index in [1.54, 1.807) is 6.92 Å². The van der Waals surface area contributed by atoms with Gasteiger partial charge in [0.15, 0.2) is 0 Å². The van der Waals surface area contributed by atoms with Crippen LogP contribution in [0.2, 0.25) is 0 Å². The maximum atomic E-state index is 13.5. The summed E-state index contributed by atoms with van der Waals surface area (Å²) in [4.78, 5) is 41.4. The van der Waals surface area contributed by atoms with Crippen molar-refractivity contribution in [3.05, 3.63) is 71.3 Å². The fourth-order valence-electron chi connectivity index (χ4n) is 5.22. The Balaban J connectivity index is 1.55. The summed E-state index contributed by atoms with van der Waals surface area (Å²) in [7, 11) is 0. The Morgan fingerprint density at radius 1 is 1.11 bits per heavy atom. The molecule has 2 atom stereocenters. The second-order valence-corrected chi connectivity index (χ2v) is 9.26. The van der Waals surface area contributed by atoms with E-state index in [9.17, 15) is 32.7 Å². The van der Waals surface area contributed by atoms with Crippen LogP contribution in [-0.2, 0) is 22.2 Å². The van der Waals surface area contributed by atoms with Crippen molar-refractivity contribution in [1.29, 1.82) is 0 Å². The largest absolute Gasteiger partial charge is 0.480 e. The number of carbonyl (C=O) groups excluding carboxylic acids is 2. The number of carboxylic acid groups (broad SMARTS) is 1. The quantitative estimate of drug-likeness (QED) is 0.630. The maximum Gasteiger partial charge on any atom is 0.416 e. The van der Waals surface area contributed by atoms with Gasteiger partial charge in [0.2, 0.25) is 5.91 Å². The van der Waals surface area contributed by atoms with Crippen LogP contribution >= 0.6 is 0 Å². The number of rotatable bonds is 6. The van der Waals surface area contributed by atoms with Gasteiger partial charge in [-0.25, -0.2) is 4.79 Å². The fourth-order valence-corrected chi connectivity index (χ4v) is 5.22. The molecule has 10 heteroatoms. The third-order valence-corrected chi connectivity index (χ3v) is 7.02. The number of nitrogens with zero attached hydrogens (tertiary/aromatic N) is 2. The lowest BCUT2D eigenvalue weighted by molar-refractivity contribution is -0.154. The van der Waals surface area contributed by atoms with Crippen LogP contribution in [0.5, 0.6) is 0 Å². The molecule has 0 aromatic heterocycles. The number of aliphatic carboxylic acids is 1. The predicted octanol–water partition coefficient (Wildman–Crippen LogP) is 3.54. The Labute approximate surface area is 206 Å². The van der Waals surface area contributed by atoms with Crippen LogP contribution in [0, 0.1) is 0 Å². The Kier molecular flexibility index (Phi) is 7.08. The summed E-state index contributed by atoms with van der Waals surface area (Å²) in [5, 5.41) is 13.2. The Hall–Kier alpha value is -3.40. The van der Waals surface area contributed by atoms with E-state index in [2.05, 4.69) is 5.32 Å². The monoisotopic (exact) mass is 503 g/mol. The third kappa shape index (κ3) is 4.95. The molecule has 1 spiro atoms. The zero-order chi connectivity index (χ0) is 26.1. The fraction of sp³-hybridized carbons (Fsp3) is 0.423. The number of hydrogen-bond donors (Lipinski definition) is 2. The highest BCUT2D eigenvalue weighted by atomic mass is 19.4. The first-order chi connectivity index (χ1) is 17.1. The maximum absolute atomic E-state index is 13.5. The molecular formula is C26H28F3N3O4. The van der Waals surface area contributed by atoms with Gasteiger partial charge in [0, 0.05) is 31.5 Å². The molecule has 0 bridgehead atoms.